The number of hydrogen-bond donors (Lipinski definition) is 2. The number of hydrogen-bond acceptors (Lipinski definition) is 16. The second kappa shape index (κ2) is 17.7. The van der Waals surface area contributed by atoms with E-state index in [-0.39, 0.29) is 49.2 Å². The zero-order valence-electron chi connectivity index (χ0n) is 33.9. The van der Waals surface area contributed by atoms with Crippen LogP contribution in [-0.2, 0) is 49.5 Å². The molecular formula is C38H58N4O13S. The minimum atomic E-state index is -1.35. The Bertz CT molecular complexity index is 1620. The summed E-state index contributed by atoms with van der Waals surface area (Å²) in [4.78, 5) is 60.4. The van der Waals surface area contributed by atoms with Gasteiger partial charge < -0.3 is 48.6 Å². The van der Waals surface area contributed by atoms with Crippen LogP contribution in [0.4, 0.5) is 9.80 Å². The molecule has 0 saturated carbocycles. The lowest BCUT2D eigenvalue weighted by Gasteiger charge is -2.48. The molecule has 0 aliphatic carbocycles. The SMILES string of the molecule is CC[C@H]1OC(=O)[C@H](C)[C@H]2OC/C(=N\OCc3ccc([N+](=O)[O-])s3)CO[C@](C)(C[C@@H](C)C(=O)[C@H](C)[C@@H]3NC(=O)O[C@]13C)[C@H](OC1O[C@H](C)C[C@H](N(C)C)[C@H]1O)[C@@H]2C. The first-order valence-electron chi connectivity index (χ1n) is 19.3. The molecule has 4 aliphatic rings. The molecule has 314 valence electrons. The van der Waals surface area contributed by atoms with Crippen molar-refractivity contribution in [2.45, 2.75) is 141 Å². The van der Waals surface area contributed by atoms with Crippen LogP contribution < -0.4 is 5.32 Å². The Morgan fingerprint density at radius 1 is 1.11 bits per heavy atom. The molecule has 2 bridgehead atoms. The third kappa shape index (κ3) is 9.21. The van der Waals surface area contributed by atoms with Gasteiger partial charge in [0.2, 0.25) is 0 Å². The van der Waals surface area contributed by atoms with Crippen molar-refractivity contribution < 1.29 is 57.7 Å². The third-order valence-electron chi connectivity index (χ3n) is 11.9. The van der Waals surface area contributed by atoms with E-state index in [0.29, 0.717) is 23.4 Å². The number of rotatable bonds is 8. The molecule has 0 aromatic carbocycles. The van der Waals surface area contributed by atoms with Crippen LogP contribution in [0.3, 0.4) is 0 Å². The zero-order valence-corrected chi connectivity index (χ0v) is 34.7. The molecule has 14 atom stereocenters. The number of nitrogens with one attached hydrogen (secondary N) is 1. The highest BCUT2D eigenvalue weighted by molar-refractivity contribution is 7.15. The summed E-state index contributed by atoms with van der Waals surface area (Å²) < 4.78 is 38.4. The minimum Gasteiger partial charge on any atom is -0.458 e. The summed E-state index contributed by atoms with van der Waals surface area (Å²) in [5.41, 5.74) is -2.34. The van der Waals surface area contributed by atoms with E-state index >= 15 is 0 Å². The summed E-state index contributed by atoms with van der Waals surface area (Å²) in [7, 11) is 3.76. The first-order chi connectivity index (χ1) is 26.3. The van der Waals surface area contributed by atoms with E-state index in [4.69, 9.17) is 33.3 Å². The lowest BCUT2D eigenvalue weighted by atomic mass is 9.73. The first kappa shape index (κ1) is 43.9. The van der Waals surface area contributed by atoms with Crippen LogP contribution in [0.5, 0.6) is 0 Å². The Balaban J connectivity index is 1.58. The van der Waals surface area contributed by atoms with Gasteiger partial charge in [0.15, 0.2) is 18.5 Å². The number of cyclic esters (lactones) is 1. The normalized spacial score (nSPS) is 40.8. The van der Waals surface area contributed by atoms with Crippen molar-refractivity contribution in [2.75, 3.05) is 27.3 Å². The predicted octanol–water partition coefficient (Wildman–Crippen LogP) is 4.22. The number of ether oxygens (including phenoxy) is 6. The van der Waals surface area contributed by atoms with E-state index in [2.05, 4.69) is 10.5 Å². The van der Waals surface area contributed by atoms with Gasteiger partial charge in [-0.1, -0.05) is 44.2 Å². The van der Waals surface area contributed by atoms with E-state index in [1.54, 1.807) is 33.8 Å². The Labute approximate surface area is 331 Å². The van der Waals surface area contributed by atoms with Gasteiger partial charge in [-0.25, -0.2) is 4.79 Å². The molecule has 4 fully saturated rings. The highest BCUT2D eigenvalue weighted by Crippen LogP contribution is 2.42. The van der Waals surface area contributed by atoms with Crippen LogP contribution in [0, 0.1) is 33.8 Å². The number of alkyl carbamates (subject to hydrolysis) is 1. The molecule has 4 saturated heterocycles. The Kier molecular flexibility index (Phi) is 13.9. The summed E-state index contributed by atoms with van der Waals surface area (Å²) in [6.07, 6.45) is -4.88. The maximum atomic E-state index is 14.4. The number of nitro groups is 1. The van der Waals surface area contributed by atoms with Crippen molar-refractivity contribution in [3.63, 3.8) is 0 Å². The molecule has 1 amide bonds. The fraction of sp³-hybridized carbons (Fsp3) is 0.789. The molecule has 1 aromatic heterocycles. The number of esters is 1. The number of carbonyl (C=O) groups excluding carboxylic acids is 3. The minimum absolute atomic E-state index is 0.0259. The quantitative estimate of drug-likeness (QED) is 0.214. The van der Waals surface area contributed by atoms with Gasteiger partial charge >= 0.3 is 17.1 Å². The number of aliphatic hydroxyl groups is 1. The van der Waals surface area contributed by atoms with E-state index in [0.717, 1.165) is 11.3 Å². The number of amides is 1. The summed E-state index contributed by atoms with van der Waals surface area (Å²) in [6.45, 7) is 14.0. The number of ketones is 1. The van der Waals surface area contributed by atoms with Gasteiger partial charge in [0, 0.05) is 29.9 Å². The summed E-state index contributed by atoms with van der Waals surface area (Å²) >= 11 is 0.971. The molecule has 5 heterocycles. The number of nitrogens with zero attached hydrogens (tertiary/aromatic N) is 3. The standard InChI is InChI=1S/C38H58N4O13S/c1-11-27-38(8)32(39-36(46)55-38)21(4)29(43)19(2)15-37(7)33(54-35-30(44)26(41(9)10)14-20(3)52-35)22(5)31(23(6)34(45)53-27)49-16-24(17-50-37)40-51-18-25-12-13-28(56-25)42(47)48/h12-13,19-23,26-27,30-33,35,44H,11,14-18H2,1-10H3,(H,39,46)/b40-24+/t19-,20-,21+,22-,23-,26+,27-,30-,31+,32+,33-,35?,37-,38-/m1/s1. The second-order valence-corrected chi connectivity index (χ2v) is 17.6. The number of carbonyl (C=O) groups is 3. The molecule has 18 heteroatoms. The number of aliphatic hydroxyl groups excluding tert-OH is 1. The predicted molar refractivity (Wildman–Crippen MR) is 203 cm³/mol. The third-order valence-corrected chi connectivity index (χ3v) is 12.9. The molecule has 4 aliphatic heterocycles. The van der Waals surface area contributed by atoms with Crippen molar-refractivity contribution in [2.24, 2.45) is 28.8 Å². The van der Waals surface area contributed by atoms with Crippen LogP contribution >= 0.6 is 11.3 Å². The number of likely N-dealkylation sites (N-methyl/N-ethyl adjacent to an activating group) is 1. The lowest BCUT2D eigenvalue weighted by molar-refractivity contribution is -0.380. The Morgan fingerprint density at radius 2 is 1.82 bits per heavy atom. The van der Waals surface area contributed by atoms with Crippen LogP contribution in [0.2, 0.25) is 0 Å². The smallest absolute Gasteiger partial charge is 0.408 e. The molecule has 0 spiro atoms. The van der Waals surface area contributed by atoms with Crippen LogP contribution in [0.25, 0.3) is 0 Å². The number of Topliss-reactive ketones (excluding diaryl/α,β-unsaturated/α-hetero) is 1. The molecule has 17 nitrogen and oxygen atoms in total. The van der Waals surface area contributed by atoms with Gasteiger partial charge in [-0.2, -0.15) is 0 Å². The van der Waals surface area contributed by atoms with Gasteiger partial charge in [0.05, 0.1) is 58.9 Å². The summed E-state index contributed by atoms with van der Waals surface area (Å²) in [6, 6.07) is 1.89. The fourth-order valence-electron chi connectivity index (χ4n) is 8.83. The van der Waals surface area contributed by atoms with Crippen molar-refractivity contribution in [3.8, 4) is 0 Å². The number of oxime groups is 1. The van der Waals surface area contributed by atoms with Gasteiger partial charge in [0.1, 0.15) is 23.7 Å². The molecule has 1 unspecified atom stereocenters. The van der Waals surface area contributed by atoms with Crippen molar-refractivity contribution in [1.82, 2.24) is 10.2 Å². The Hall–Kier alpha value is -3.26. The lowest BCUT2D eigenvalue weighted by Crippen LogP contribution is -2.60. The van der Waals surface area contributed by atoms with Gasteiger partial charge in [-0.15, -0.1) is 0 Å². The summed E-state index contributed by atoms with van der Waals surface area (Å²) in [5, 5.41) is 29.9. The van der Waals surface area contributed by atoms with Gasteiger partial charge in [-0.3, -0.25) is 19.7 Å². The number of thiophene rings is 1. The van der Waals surface area contributed by atoms with E-state index in [1.165, 1.54) is 6.07 Å². The van der Waals surface area contributed by atoms with Crippen molar-refractivity contribution in [3.05, 3.63) is 27.1 Å². The van der Waals surface area contributed by atoms with E-state index < -0.39 is 88.6 Å². The van der Waals surface area contributed by atoms with Gasteiger partial charge in [0.25, 0.3) is 0 Å². The van der Waals surface area contributed by atoms with Gasteiger partial charge in [-0.05, 0) is 67.1 Å². The maximum Gasteiger partial charge on any atom is 0.408 e. The average Bonchev–Trinajstić information content (AvgIpc) is 3.75. The van der Waals surface area contributed by atoms with Crippen LogP contribution in [-0.4, -0.2) is 126 Å². The molecule has 2 N–H and O–H groups in total. The second-order valence-electron chi connectivity index (χ2n) is 16.4. The van der Waals surface area contributed by atoms with Crippen molar-refractivity contribution in [1.29, 1.82) is 0 Å². The molecular weight excluding hydrogens is 752 g/mol. The molecule has 56 heavy (non-hydrogen) atoms. The van der Waals surface area contributed by atoms with Crippen molar-refractivity contribution >= 4 is 39.9 Å². The highest BCUT2D eigenvalue weighted by atomic mass is 32.1. The number of fused-ring (bicyclic) bond motifs is 4. The largest absolute Gasteiger partial charge is 0.458 e. The molecule has 5 rings (SSSR count). The fourth-order valence-corrected chi connectivity index (χ4v) is 9.55. The van der Waals surface area contributed by atoms with E-state index in [1.807, 2.05) is 46.7 Å². The van der Waals surface area contributed by atoms with E-state index in [9.17, 15) is 29.6 Å². The first-order valence-corrected chi connectivity index (χ1v) is 20.2. The molecule has 0 radical (unpaired) electrons. The molecule has 1 aromatic rings. The highest BCUT2D eigenvalue weighted by Gasteiger charge is 2.57. The Morgan fingerprint density at radius 3 is 2.46 bits per heavy atom. The van der Waals surface area contributed by atoms with Crippen LogP contribution in [0.1, 0.15) is 79.5 Å². The monoisotopic (exact) mass is 810 g/mol. The summed E-state index contributed by atoms with van der Waals surface area (Å²) in [5.74, 6) is -3.77. The van der Waals surface area contributed by atoms with Crippen LogP contribution in [0.15, 0.2) is 17.3 Å². The average molecular weight is 811 g/mol. The maximum absolute atomic E-state index is 14.4. The topological polar surface area (TPSA) is 207 Å². The zero-order chi connectivity index (χ0) is 41.3.